The number of oxazole rings is 1. The van der Waals surface area contributed by atoms with E-state index in [2.05, 4.69) is 30.6 Å². The molecule has 35 heteroatoms. The Morgan fingerprint density at radius 3 is 2.08 bits per heavy atom. The van der Waals surface area contributed by atoms with E-state index in [1.165, 1.54) is 18.3 Å². The van der Waals surface area contributed by atoms with E-state index in [0.717, 1.165) is 61.8 Å². The highest BCUT2D eigenvalue weighted by atomic mass is 16.6. The molecule has 3 fully saturated rings. The molecule has 4 aromatic heterocycles. The zero-order chi connectivity index (χ0) is 91.0. The van der Waals surface area contributed by atoms with Gasteiger partial charge in [0.25, 0.3) is 17.7 Å². The molecule has 2 amide bonds. The number of nitrogens with one attached hydrogen (secondary N) is 1. The topological polar surface area (TPSA) is 440 Å². The molecule has 2 bridgehead atoms. The number of carbonyl (C=O) groups is 6. The number of ether oxygens (including phenoxy) is 14. The van der Waals surface area contributed by atoms with Crippen molar-refractivity contribution in [2.75, 3.05) is 158 Å². The van der Waals surface area contributed by atoms with E-state index in [0.29, 0.717) is 216 Å². The molecule has 0 spiro atoms. The number of carbonyl (C=O) groups excluding carboxylic acids is 6. The zero-order valence-electron chi connectivity index (χ0n) is 76.2. The van der Waals surface area contributed by atoms with Gasteiger partial charge in [0.05, 0.1) is 148 Å². The molecule has 9 rings (SSSR count). The van der Waals surface area contributed by atoms with E-state index in [9.17, 15) is 39.0 Å². The van der Waals surface area contributed by atoms with E-state index in [1.54, 1.807) is 56.5 Å². The first-order valence-electron chi connectivity index (χ1n) is 45.4. The van der Waals surface area contributed by atoms with Gasteiger partial charge in [-0.25, -0.2) is 24.1 Å². The fraction of sp³-hybridized carbons (Fsp3) is 0.696. The number of methoxy groups -OCH3 is 3. The Labute approximate surface area is 746 Å². The molecule has 1 aliphatic carbocycles. The quantitative estimate of drug-likeness (QED) is 0.0105. The number of nitrogen functional groups attached to an aromatic ring is 2. The summed E-state index contributed by atoms with van der Waals surface area (Å²) in [7, 11) is 4.65. The van der Waals surface area contributed by atoms with E-state index in [1.807, 2.05) is 76.4 Å². The highest BCUT2D eigenvalue weighted by Gasteiger charge is 2.53. The number of benzene rings is 1. The van der Waals surface area contributed by atoms with Gasteiger partial charge in [-0.1, -0.05) is 76.3 Å². The summed E-state index contributed by atoms with van der Waals surface area (Å²) in [5.74, 6) is -7.94. The number of ketones is 3. The number of anilines is 2. The highest BCUT2D eigenvalue weighted by Crippen LogP contribution is 2.40. The molecule has 5 aromatic rings. The Kier molecular flexibility index (Phi) is 43.9. The summed E-state index contributed by atoms with van der Waals surface area (Å²) in [6.45, 7) is 21.6. The number of allylic oxidation sites excluding steroid dienone is 6. The minimum absolute atomic E-state index is 0.00508. The van der Waals surface area contributed by atoms with Crippen molar-refractivity contribution in [2.45, 2.75) is 232 Å². The molecule has 4 aliphatic rings. The number of Topliss-reactive ketones (excluding diaryl/α,β-unsaturated/α-hetero) is 3. The van der Waals surface area contributed by atoms with Crippen LogP contribution in [0.1, 0.15) is 163 Å². The van der Waals surface area contributed by atoms with Gasteiger partial charge in [-0.3, -0.25) is 24.0 Å². The standard InChI is InChI=1S/C92H140N12O23/c1-61-20-12-11-13-21-62(2)77(113-8)57-71-27-24-67(7)92(112,127-71)86(109)89(110)103-32-17-14-23-73(103)90(111)125-78(58-74(105)63(3)53-66(6)84(108)85(115-10)83(107)65(5)52-61)64(4)54-68-25-28-76(79(55-68)114-9)124-35-19-15-22-70-59-102(101-99-70)34-37-117-39-41-119-43-45-121-47-49-123-51-50-122-48-46-120-44-42-118-40-38-116-36-30-80(106)95-31-16-18-33-104-88-81(87(93)96-60-97-88)82(100-104)69-26-29-75-72(56-69)98-91(94)126-75/h11-13,20-21,26,29,53,56,59-61,63-65,67-68,71,73,76-79,84-85,108,112H,14-19,22-25,27-28,30-52,54-55,57-58H2,1-10H3,(H2,94,98)(H,95,106)(H2,93,96,97)/b13-11+,20-12+,62-21+,66-53+/t61-,63-,64-,65-,67-,68+,71+,73+,76-,77+,78+,79-,84-,85+,92-/m1/s1. The highest BCUT2D eigenvalue weighted by molar-refractivity contribution is 6.39. The Balaban J connectivity index is 0.586. The molecule has 1 aromatic carbocycles. The molecular formula is C92H140N12O23. The molecule has 706 valence electrons. The first-order chi connectivity index (χ1) is 61.4. The fourth-order valence-corrected chi connectivity index (χ4v) is 16.6. The Hall–Kier alpha value is -8.24. The van der Waals surface area contributed by atoms with Crippen LogP contribution in [0.25, 0.3) is 33.4 Å². The lowest BCUT2D eigenvalue weighted by molar-refractivity contribution is -0.265. The maximum absolute atomic E-state index is 14.8. The lowest BCUT2D eigenvalue weighted by Crippen LogP contribution is -2.61. The van der Waals surface area contributed by atoms with Crippen molar-refractivity contribution < 1.29 is 110 Å². The number of rotatable bonds is 45. The summed E-state index contributed by atoms with van der Waals surface area (Å²) in [5.41, 5.74) is 17.4. The first kappa shape index (κ1) is 102. The number of hydrogen-bond acceptors (Lipinski definition) is 31. The van der Waals surface area contributed by atoms with Crippen LogP contribution in [0.5, 0.6) is 0 Å². The van der Waals surface area contributed by atoms with E-state index in [-0.39, 0.29) is 85.9 Å². The summed E-state index contributed by atoms with van der Waals surface area (Å²) in [6, 6.07) is 4.40. The third-order valence-electron chi connectivity index (χ3n) is 24.1. The van der Waals surface area contributed by atoms with Crippen molar-refractivity contribution in [1.82, 2.24) is 49.9 Å². The number of aliphatic hydroxyl groups excluding tert-OH is 1. The molecule has 0 unspecified atom stereocenters. The number of nitrogens with two attached hydrogens (primary N) is 2. The van der Waals surface area contributed by atoms with Gasteiger partial charge in [0.1, 0.15) is 53.5 Å². The number of hydrogen-bond donors (Lipinski definition) is 5. The predicted octanol–water partition coefficient (Wildman–Crippen LogP) is 9.05. The van der Waals surface area contributed by atoms with Gasteiger partial charge < -0.3 is 103 Å². The summed E-state index contributed by atoms with van der Waals surface area (Å²) >= 11 is 0. The number of cyclic esters (lactones) is 1. The molecule has 7 N–H and O–H groups in total. The smallest absolute Gasteiger partial charge is 0.329 e. The van der Waals surface area contributed by atoms with E-state index in [4.69, 9.17) is 87.3 Å². The second-order valence-corrected chi connectivity index (χ2v) is 33.8. The van der Waals surface area contributed by atoms with Crippen LogP contribution in [0.15, 0.2) is 82.7 Å². The molecule has 7 heterocycles. The first-order valence-corrected chi connectivity index (χ1v) is 45.4. The molecule has 2 saturated heterocycles. The van der Waals surface area contributed by atoms with Gasteiger partial charge in [0.2, 0.25) is 11.7 Å². The van der Waals surface area contributed by atoms with Crippen LogP contribution in [0.2, 0.25) is 0 Å². The molecule has 15 atom stereocenters. The van der Waals surface area contributed by atoms with Crippen molar-refractivity contribution in [3.05, 3.63) is 84.0 Å². The van der Waals surface area contributed by atoms with Gasteiger partial charge >= 0.3 is 5.97 Å². The van der Waals surface area contributed by atoms with Crippen LogP contribution in [-0.4, -0.2) is 291 Å². The summed E-state index contributed by atoms with van der Waals surface area (Å²) < 4.78 is 90.8. The number of unbranched alkanes of at least 4 members (excludes halogenated alkanes) is 2. The molecule has 3 aliphatic heterocycles. The van der Waals surface area contributed by atoms with Gasteiger partial charge in [-0.15, -0.1) is 5.10 Å². The van der Waals surface area contributed by atoms with Gasteiger partial charge in [-0.2, -0.15) is 10.1 Å². The van der Waals surface area contributed by atoms with Crippen LogP contribution in [0.3, 0.4) is 0 Å². The number of aromatic nitrogens is 8. The molecule has 35 nitrogen and oxygen atoms in total. The minimum atomic E-state index is -2.46. The minimum Gasteiger partial charge on any atom is -0.460 e. The second-order valence-electron chi connectivity index (χ2n) is 33.8. The second kappa shape index (κ2) is 54.4. The molecule has 0 radical (unpaired) electrons. The van der Waals surface area contributed by atoms with Crippen molar-refractivity contribution in [3.8, 4) is 11.3 Å². The number of fused-ring (bicyclic) bond motifs is 5. The third kappa shape index (κ3) is 32.4. The number of esters is 1. The van der Waals surface area contributed by atoms with E-state index >= 15 is 0 Å². The van der Waals surface area contributed by atoms with Crippen LogP contribution < -0.4 is 16.8 Å². The van der Waals surface area contributed by atoms with Gasteiger partial charge in [-0.05, 0) is 157 Å². The third-order valence-corrected chi connectivity index (χ3v) is 24.1. The molecule has 127 heavy (non-hydrogen) atoms. The van der Waals surface area contributed by atoms with E-state index < -0.39 is 77.8 Å². The predicted molar refractivity (Wildman–Crippen MR) is 472 cm³/mol. The normalized spacial score (nSPS) is 26.5. The maximum atomic E-state index is 14.8. The summed E-state index contributed by atoms with van der Waals surface area (Å²) in [6.07, 6.45) is 19.3. The van der Waals surface area contributed by atoms with Gasteiger partial charge in [0.15, 0.2) is 17.0 Å². The van der Waals surface area contributed by atoms with Crippen LogP contribution in [-0.2, 0) is 115 Å². The monoisotopic (exact) mass is 1780 g/mol. The lowest BCUT2D eigenvalue weighted by atomic mass is 9.78. The average molecular weight is 1780 g/mol. The Bertz CT molecular complexity index is 4320. The zero-order valence-corrected chi connectivity index (χ0v) is 76.2. The van der Waals surface area contributed by atoms with Crippen molar-refractivity contribution in [3.63, 3.8) is 0 Å². The van der Waals surface area contributed by atoms with Crippen LogP contribution in [0.4, 0.5) is 11.8 Å². The number of nitrogens with zero attached hydrogens (tertiary/aromatic N) is 9. The number of amides is 2. The van der Waals surface area contributed by atoms with Crippen LogP contribution >= 0.6 is 0 Å². The SMILES string of the molecule is CO[C@H]1C[C@@H]2CC[C@@H](C)[C@@](O)(O2)C(=O)C(=O)N2CCCC[C@H]2C(=O)O[C@H]([C@H](C)C[C@@H]2CC[C@@H](OCCCCc3cn(CCOCCOCCOCCOCCOCCOCCOCCOCCC(=O)NCCCCn4nc(-c5ccc6oc(N)nc6c5)c5c(N)ncnc54)nn3)[C@H](OC)C2)CC(=O)[C@H](C)/C=C(\C)[C@@H](O)[C@@H](OC)C(=O)[C@H](C)C[C@H](C)/C=C/C=C/C=C/1C. The lowest BCUT2D eigenvalue weighted by Gasteiger charge is -2.42. The summed E-state index contributed by atoms with van der Waals surface area (Å²) in [4.78, 5) is 98.8. The largest absolute Gasteiger partial charge is 0.460 e. The average Bonchev–Trinajstić information content (AvgIpc) is 1.54. The maximum Gasteiger partial charge on any atom is 0.329 e. The Morgan fingerprint density at radius 1 is 0.717 bits per heavy atom. The summed E-state index contributed by atoms with van der Waals surface area (Å²) in [5, 5.41) is 40.9. The number of piperidine rings is 1. The Morgan fingerprint density at radius 2 is 1.40 bits per heavy atom. The van der Waals surface area contributed by atoms with Crippen molar-refractivity contribution in [2.24, 2.45) is 35.5 Å². The van der Waals surface area contributed by atoms with Crippen LogP contribution in [0, 0.1) is 35.5 Å². The molecule has 1 saturated carbocycles. The molecular weight excluding hydrogens is 1640 g/mol. The number of aryl methyl sites for hydroxylation is 2. The fourth-order valence-electron chi connectivity index (χ4n) is 16.6. The van der Waals surface area contributed by atoms with Crippen molar-refractivity contribution in [1.29, 1.82) is 0 Å². The van der Waals surface area contributed by atoms with Crippen molar-refractivity contribution >= 4 is 69.1 Å². The van der Waals surface area contributed by atoms with Gasteiger partial charge in [0, 0.05) is 96.3 Å². The number of aliphatic hydroxyl groups is 2.